The van der Waals surface area contributed by atoms with Crippen LogP contribution in [-0.2, 0) is 15.1 Å². The van der Waals surface area contributed by atoms with E-state index in [1.807, 2.05) is 43.3 Å². The van der Waals surface area contributed by atoms with Crippen LogP contribution in [0.4, 0.5) is 0 Å². The Bertz CT molecular complexity index is 617. The van der Waals surface area contributed by atoms with Gasteiger partial charge in [-0.05, 0) is 18.1 Å². The maximum Gasteiger partial charge on any atom is 0.264 e. The lowest BCUT2D eigenvalue weighted by Crippen LogP contribution is -2.53. The molecule has 4 heteroatoms. The molecule has 1 unspecified atom stereocenters. The molecule has 120 valence electrons. The molecule has 1 aliphatic heterocycles. The fourth-order valence-electron chi connectivity index (χ4n) is 3.00. The maximum absolute atomic E-state index is 13.2. The third-order valence-corrected chi connectivity index (χ3v) is 4.22. The van der Waals surface area contributed by atoms with E-state index in [9.17, 15) is 9.90 Å². The van der Waals surface area contributed by atoms with Gasteiger partial charge >= 0.3 is 0 Å². The molecule has 1 aliphatic rings. The molecular weight excluding hydrogens is 290 g/mol. The molecule has 1 amide bonds. The molecule has 0 aromatic heterocycles. The molecule has 0 saturated carbocycles. The first-order valence-corrected chi connectivity index (χ1v) is 7.87. The second kappa shape index (κ2) is 6.52. The molecule has 2 aromatic rings. The number of carbonyl (C=O) groups excluding carboxylic acids is 1. The van der Waals surface area contributed by atoms with Gasteiger partial charge in [-0.15, -0.1) is 0 Å². The van der Waals surface area contributed by atoms with Crippen molar-refractivity contribution < 1.29 is 14.6 Å². The lowest BCUT2D eigenvalue weighted by Gasteiger charge is -2.37. The van der Waals surface area contributed by atoms with Crippen LogP contribution in [0.5, 0.6) is 0 Å². The Morgan fingerprint density at radius 2 is 1.61 bits per heavy atom. The predicted octanol–water partition coefficient (Wildman–Crippen LogP) is 2.17. The van der Waals surface area contributed by atoms with Crippen LogP contribution in [0.2, 0.25) is 0 Å². The summed E-state index contributed by atoms with van der Waals surface area (Å²) in [5.41, 5.74) is -0.523. The molecule has 1 heterocycles. The van der Waals surface area contributed by atoms with E-state index < -0.39 is 5.60 Å². The number of ether oxygens (including phenoxy) is 1. The molecule has 1 atom stereocenters. The second-order valence-corrected chi connectivity index (χ2v) is 5.88. The van der Waals surface area contributed by atoms with E-state index in [1.165, 1.54) is 0 Å². The third kappa shape index (κ3) is 3.00. The van der Waals surface area contributed by atoms with Crippen molar-refractivity contribution in [2.24, 2.45) is 0 Å². The first kappa shape index (κ1) is 15.7. The summed E-state index contributed by atoms with van der Waals surface area (Å²) in [6.07, 6.45) is -0.0245. The Morgan fingerprint density at radius 1 is 1.09 bits per heavy atom. The highest BCUT2D eigenvalue weighted by Crippen LogP contribution is 2.32. The number of amides is 1. The summed E-state index contributed by atoms with van der Waals surface area (Å²) in [5, 5.41) is 11.4. The van der Waals surface area contributed by atoms with Crippen LogP contribution in [0.25, 0.3) is 0 Å². The van der Waals surface area contributed by atoms with Crippen LogP contribution >= 0.6 is 0 Å². The molecule has 3 rings (SSSR count). The molecule has 1 N–H and O–H groups in total. The minimum absolute atomic E-state index is 0.0245. The predicted molar refractivity (Wildman–Crippen MR) is 87.9 cm³/mol. The lowest BCUT2D eigenvalue weighted by molar-refractivity contribution is -0.155. The molecule has 0 aliphatic carbocycles. The van der Waals surface area contributed by atoms with Crippen LogP contribution in [0.3, 0.4) is 0 Å². The second-order valence-electron chi connectivity index (χ2n) is 5.88. The summed E-state index contributed by atoms with van der Waals surface area (Å²) in [5.74, 6) is -0.301. The number of hydrogen-bond donors (Lipinski definition) is 1. The summed E-state index contributed by atoms with van der Waals surface area (Å²) >= 11 is 0. The average Bonchev–Trinajstić information content (AvgIpc) is 2.62. The molecule has 1 fully saturated rings. The van der Waals surface area contributed by atoms with Crippen LogP contribution < -0.4 is 0 Å². The molecule has 1 saturated heterocycles. The van der Waals surface area contributed by atoms with Gasteiger partial charge in [0.15, 0.2) is 5.60 Å². The van der Waals surface area contributed by atoms with Gasteiger partial charge in [-0.2, -0.15) is 0 Å². The molecule has 0 radical (unpaired) electrons. The Labute approximate surface area is 136 Å². The number of aliphatic hydroxyl groups is 1. The zero-order valence-electron chi connectivity index (χ0n) is 13.2. The fourth-order valence-corrected chi connectivity index (χ4v) is 3.00. The van der Waals surface area contributed by atoms with Crippen molar-refractivity contribution in [2.45, 2.75) is 18.6 Å². The van der Waals surface area contributed by atoms with Crippen molar-refractivity contribution >= 4 is 5.91 Å². The summed E-state index contributed by atoms with van der Waals surface area (Å²) in [6, 6.07) is 18.2. The number of nitrogens with zero attached hydrogens (tertiary/aromatic N) is 1. The Kier molecular flexibility index (Phi) is 4.46. The van der Waals surface area contributed by atoms with Crippen LogP contribution in [0.15, 0.2) is 60.7 Å². The Morgan fingerprint density at radius 3 is 2.09 bits per heavy atom. The molecule has 23 heavy (non-hydrogen) atoms. The zero-order chi connectivity index (χ0) is 16.3. The standard InChI is InChI=1S/C19H21NO3/c1-15-14-20(12-13-23-15)18(21)19(22,16-8-4-2-5-9-16)17-10-6-3-7-11-17/h2-11,15,22H,12-14H2,1H3. The van der Waals surface area contributed by atoms with Crippen LogP contribution in [-0.4, -0.2) is 41.7 Å². The topological polar surface area (TPSA) is 49.8 Å². The molecule has 4 nitrogen and oxygen atoms in total. The molecule has 0 spiro atoms. The lowest BCUT2D eigenvalue weighted by atomic mass is 9.85. The average molecular weight is 311 g/mol. The minimum Gasteiger partial charge on any atom is -0.375 e. The number of carbonyl (C=O) groups is 1. The van der Waals surface area contributed by atoms with Gasteiger partial charge in [0.1, 0.15) is 0 Å². The molecule has 0 bridgehead atoms. The van der Waals surface area contributed by atoms with Crippen molar-refractivity contribution in [3.63, 3.8) is 0 Å². The first-order valence-electron chi connectivity index (χ1n) is 7.87. The number of hydrogen-bond acceptors (Lipinski definition) is 3. The summed E-state index contributed by atoms with van der Waals surface area (Å²) in [4.78, 5) is 14.9. The number of rotatable bonds is 3. The Balaban J connectivity index is 2.04. The number of benzene rings is 2. The quantitative estimate of drug-likeness (QED) is 0.945. The van der Waals surface area contributed by atoms with E-state index in [2.05, 4.69) is 0 Å². The van der Waals surface area contributed by atoms with E-state index in [-0.39, 0.29) is 12.0 Å². The highest BCUT2D eigenvalue weighted by atomic mass is 16.5. The van der Waals surface area contributed by atoms with Gasteiger partial charge in [-0.3, -0.25) is 4.79 Å². The Hall–Kier alpha value is -2.17. The summed E-state index contributed by atoms with van der Waals surface area (Å²) in [6.45, 7) is 3.40. The van der Waals surface area contributed by atoms with E-state index in [0.29, 0.717) is 30.8 Å². The third-order valence-electron chi connectivity index (χ3n) is 4.22. The van der Waals surface area contributed by atoms with Gasteiger partial charge in [0.05, 0.1) is 12.7 Å². The van der Waals surface area contributed by atoms with Crippen molar-refractivity contribution in [1.29, 1.82) is 0 Å². The maximum atomic E-state index is 13.2. The van der Waals surface area contributed by atoms with Gasteiger partial charge in [0, 0.05) is 13.1 Å². The summed E-state index contributed by atoms with van der Waals surface area (Å²) in [7, 11) is 0. The van der Waals surface area contributed by atoms with Gasteiger partial charge in [-0.1, -0.05) is 60.7 Å². The SMILES string of the molecule is CC1CN(C(=O)C(O)(c2ccccc2)c2ccccc2)CCO1. The van der Waals surface area contributed by atoms with Crippen LogP contribution in [0, 0.1) is 0 Å². The van der Waals surface area contributed by atoms with E-state index in [0.717, 1.165) is 0 Å². The van der Waals surface area contributed by atoms with Gasteiger partial charge < -0.3 is 14.7 Å². The van der Waals surface area contributed by atoms with Gasteiger partial charge in [0.25, 0.3) is 5.91 Å². The smallest absolute Gasteiger partial charge is 0.264 e. The normalized spacial score (nSPS) is 18.7. The first-order chi connectivity index (χ1) is 11.1. The van der Waals surface area contributed by atoms with E-state index in [4.69, 9.17) is 4.74 Å². The van der Waals surface area contributed by atoms with E-state index >= 15 is 0 Å². The van der Waals surface area contributed by atoms with Crippen molar-refractivity contribution in [3.8, 4) is 0 Å². The highest BCUT2D eigenvalue weighted by molar-refractivity contribution is 5.90. The van der Waals surface area contributed by atoms with Crippen molar-refractivity contribution in [2.75, 3.05) is 19.7 Å². The molecular formula is C19H21NO3. The minimum atomic E-state index is -1.68. The van der Waals surface area contributed by atoms with Crippen LogP contribution in [0.1, 0.15) is 18.1 Å². The monoisotopic (exact) mass is 311 g/mol. The van der Waals surface area contributed by atoms with Crippen molar-refractivity contribution in [3.05, 3.63) is 71.8 Å². The van der Waals surface area contributed by atoms with E-state index in [1.54, 1.807) is 29.2 Å². The highest BCUT2D eigenvalue weighted by Gasteiger charge is 2.43. The fraction of sp³-hybridized carbons (Fsp3) is 0.316. The van der Waals surface area contributed by atoms with Gasteiger partial charge in [-0.25, -0.2) is 0 Å². The zero-order valence-corrected chi connectivity index (χ0v) is 13.2. The number of morpholine rings is 1. The van der Waals surface area contributed by atoms with Gasteiger partial charge in [0.2, 0.25) is 0 Å². The summed E-state index contributed by atoms with van der Waals surface area (Å²) < 4.78 is 5.51. The largest absolute Gasteiger partial charge is 0.375 e. The van der Waals surface area contributed by atoms with Crippen molar-refractivity contribution in [1.82, 2.24) is 4.90 Å². The molecule has 2 aromatic carbocycles.